The lowest BCUT2D eigenvalue weighted by molar-refractivity contribution is -0.384. The summed E-state index contributed by atoms with van der Waals surface area (Å²) in [6.07, 6.45) is 1.27. The number of nitrogens with zero attached hydrogens (tertiary/aromatic N) is 3. The van der Waals surface area contributed by atoms with Crippen LogP contribution in [0.4, 0.5) is 5.69 Å². The van der Waals surface area contributed by atoms with Crippen LogP contribution in [0.25, 0.3) is 0 Å². The van der Waals surface area contributed by atoms with Gasteiger partial charge in [0.2, 0.25) is 5.91 Å². The molecule has 10 heteroatoms. The number of rotatable bonds is 6. The van der Waals surface area contributed by atoms with Gasteiger partial charge in [-0.25, -0.2) is 9.59 Å². The number of benzene rings is 1. The molecule has 0 spiro atoms. The summed E-state index contributed by atoms with van der Waals surface area (Å²) >= 11 is 0. The van der Waals surface area contributed by atoms with Crippen LogP contribution in [0.2, 0.25) is 0 Å². The number of carbonyl (C=O) groups is 3. The maximum atomic E-state index is 13.1. The van der Waals surface area contributed by atoms with Gasteiger partial charge in [-0.15, -0.1) is 0 Å². The van der Waals surface area contributed by atoms with Crippen LogP contribution in [-0.2, 0) is 14.3 Å². The number of hydrogen-bond acceptors (Lipinski definition) is 8. The number of likely N-dealkylation sites (tertiary alicyclic amines) is 1. The molecule has 2 fully saturated rings. The number of esters is 2. The van der Waals surface area contributed by atoms with Crippen molar-refractivity contribution in [2.24, 2.45) is 11.8 Å². The molecule has 10 nitrogen and oxygen atoms in total. The summed E-state index contributed by atoms with van der Waals surface area (Å²) in [7, 11) is 0. The lowest BCUT2D eigenvalue weighted by Crippen LogP contribution is -2.63. The van der Waals surface area contributed by atoms with E-state index in [1.807, 2.05) is 6.92 Å². The number of amides is 1. The van der Waals surface area contributed by atoms with Crippen molar-refractivity contribution in [2.45, 2.75) is 38.8 Å². The van der Waals surface area contributed by atoms with Gasteiger partial charge in [0.15, 0.2) is 0 Å². The number of β-lactam (4-membered cyclic amide) rings is 1. The first-order valence-corrected chi connectivity index (χ1v) is 10.7. The molecular weight excluding hydrogens is 418 g/mol. The Morgan fingerprint density at radius 1 is 1.22 bits per heavy atom. The molecule has 4 rings (SSSR count). The first kappa shape index (κ1) is 22.1. The normalized spacial score (nSPS) is 26.0. The molecule has 1 aromatic carbocycles. The molecule has 3 aliphatic heterocycles. The molecule has 1 aromatic rings. The second-order valence-electron chi connectivity index (χ2n) is 8.59. The fourth-order valence-electron chi connectivity index (χ4n) is 4.93. The third-order valence-corrected chi connectivity index (χ3v) is 6.60. The number of aliphatic hydroxyl groups excluding tert-OH is 1. The van der Waals surface area contributed by atoms with Crippen molar-refractivity contribution in [3.63, 3.8) is 0 Å². The Balaban J connectivity index is 1.59. The van der Waals surface area contributed by atoms with Crippen LogP contribution in [0, 0.1) is 22.0 Å². The Morgan fingerprint density at radius 3 is 2.41 bits per heavy atom. The third-order valence-electron chi connectivity index (χ3n) is 6.60. The Kier molecular flexibility index (Phi) is 5.83. The molecule has 0 aliphatic carbocycles. The number of hydrogen-bond donors (Lipinski definition) is 1. The average Bonchev–Trinajstić information content (AvgIpc) is 3.33. The summed E-state index contributed by atoms with van der Waals surface area (Å²) in [5, 5.41) is 20.9. The summed E-state index contributed by atoms with van der Waals surface area (Å²) in [5.41, 5.74) is 0.609. The summed E-state index contributed by atoms with van der Waals surface area (Å²) in [5.74, 6) is -2.99. The van der Waals surface area contributed by atoms with Crippen molar-refractivity contribution in [3.05, 3.63) is 51.2 Å². The van der Waals surface area contributed by atoms with Crippen LogP contribution in [-0.4, -0.2) is 69.5 Å². The monoisotopic (exact) mass is 443 g/mol. The largest absolute Gasteiger partial charge is 0.393 e. The molecule has 170 valence electrons. The van der Waals surface area contributed by atoms with Crippen LogP contribution < -0.4 is 0 Å². The highest BCUT2D eigenvalue weighted by Gasteiger charge is 2.60. The summed E-state index contributed by atoms with van der Waals surface area (Å²) < 4.78 is 5.08. The zero-order valence-corrected chi connectivity index (χ0v) is 17.9. The van der Waals surface area contributed by atoms with Crippen LogP contribution in [0.5, 0.6) is 0 Å². The van der Waals surface area contributed by atoms with Gasteiger partial charge in [-0.2, -0.15) is 0 Å². The van der Waals surface area contributed by atoms with Crippen molar-refractivity contribution in [1.82, 2.24) is 9.80 Å². The van der Waals surface area contributed by atoms with Gasteiger partial charge in [0.1, 0.15) is 5.70 Å². The molecule has 1 unspecified atom stereocenters. The fourth-order valence-corrected chi connectivity index (χ4v) is 4.93. The predicted octanol–water partition coefficient (Wildman–Crippen LogP) is 1.49. The molecule has 0 saturated carbocycles. The minimum absolute atomic E-state index is 0.00923. The Morgan fingerprint density at radius 2 is 1.84 bits per heavy atom. The molecule has 3 heterocycles. The second kappa shape index (κ2) is 8.44. The summed E-state index contributed by atoms with van der Waals surface area (Å²) in [6, 6.07) is 4.38. The van der Waals surface area contributed by atoms with Crippen molar-refractivity contribution < 1.29 is 29.2 Å². The number of fused-ring (bicyclic) bond motifs is 1. The molecule has 32 heavy (non-hydrogen) atoms. The molecule has 1 amide bonds. The van der Waals surface area contributed by atoms with E-state index in [9.17, 15) is 29.6 Å². The maximum absolute atomic E-state index is 13.1. The summed E-state index contributed by atoms with van der Waals surface area (Å²) in [6.45, 7) is 5.74. The van der Waals surface area contributed by atoms with E-state index >= 15 is 0 Å². The van der Waals surface area contributed by atoms with E-state index in [1.54, 1.807) is 6.92 Å². The highest BCUT2D eigenvalue weighted by Crippen LogP contribution is 2.47. The van der Waals surface area contributed by atoms with Crippen LogP contribution in [0.3, 0.4) is 0 Å². The van der Waals surface area contributed by atoms with E-state index in [1.165, 1.54) is 17.0 Å². The molecule has 0 bridgehead atoms. The highest BCUT2D eigenvalue weighted by atomic mass is 16.6. The maximum Gasteiger partial charge on any atom is 0.362 e. The first-order valence-electron chi connectivity index (χ1n) is 10.7. The SMILES string of the molecule is C[C@@H](O)C1C(=O)N2C(C(=O)OC(=O)c3ccc([N+](=O)[O-])cc3)=C(CN3CCCC3)[C@H](C)[C@H]12. The Labute approximate surface area is 184 Å². The van der Waals surface area contributed by atoms with Gasteiger partial charge in [-0.1, -0.05) is 6.92 Å². The van der Waals surface area contributed by atoms with Crippen LogP contribution in [0.15, 0.2) is 35.5 Å². The van der Waals surface area contributed by atoms with Gasteiger partial charge < -0.3 is 14.7 Å². The third kappa shape index (κ3) is 3.69. The topological polar surface area (TPSA) is 130 Å². The number of carbonyl (C=O) groups excluding carboxylic acids is 3. The zero-order chi connectivity index (χ0) is 23.2. The van der Waals surface area contributed by atoms with E-state index in [0.717, 1.165) is 43.6 Å². The molecule has 3 aliphatic rings. The van der Waals surface area contributed by atoms with E-state index in [-0.39, 0.29) is 34.8 Å². The number of aliphatic hydroxyl groups is 1. The minimum atomic E-state index is -0.950. The minimum Gasteiger partial charge on any atom is -0.393 e. The standard InChI is InChI=1S/C22H25N3O7/c1-12-16(11-23-9-3-4-10-23)19(24-18(12)17(13(2)26)20(24)27)22(29)32-21(28)14-5-7-15(8-6-14)25(30)31/h5-8,12-13,17-18,26H,3-4,9-11H2,1-2H3/t12-,13+,17?,18+/m0/s1. The van der Waals surface area contributed by atoms with Crippen LogP contribution in [0.1, 0.15) is 37.0 Å². The van der Waals surface area contributed by atoms with E-state index in [0.29, 0.717) is 6.54 Å². The van der Waals surface area contributed by atoms with Gasteiger partial charge >= 0.3 is 11.9 Å². The van der Waals surface area contributed by atoms with Gasteiger partial charge in [-0.05, 0) is 50.6 Å². The lowest BCUT2D eigenvalue weighted by atomic mass is 9.77. The van der Waals surface area contributed by atoms with Crippen molar-refractivity contribution >= 4 is 23.5 Å². The van der Waals surface area contributed by atoms with Crippen LogP contribution >= 0.6 is 0 Å². The predicted molar refractivity (Wildman–Crippen MR) is 111 cm³/mol. The Bertz CT molecular complexity index is 995. The zero-order valence-electron chi connectivity index (χ0n) is 17.9. The number of ether oxygens (including phenoxy) is 1. The van der Waals surface area contributed by atoms with Crippen molar-refractivity contribution in [3.8, 4) is 0 Å². The summed E-state index contributed by atoms with van der Waals surface area (Å²) in [4.78, 5) is 52.1. The van der Waals surface area contributed by atoms with E-state index in [4.69, 9.17) is 4.74 Å². The van der Waals surface area contributed by atoms with E-state index in [2.05, 4.69) is 4.90 Å². The van der Waals surface area contributed by atoms with Crippen molar-refractivity contribution in [1.29, 1.82) is 0 Å². The number of nitro groups is 1. The highest BCUT2D eigenvalue weighted by molar-refractivity contribution is 6.06. The molecule has 1 N–H and O–H groups in total. The molecule has 2 saturated heterocycles. The molecule has 0 radical (unpaired) electrons. The van der Waals surface area contributed by atoms with Gasteiger partial charge in [0.05, 0.1) is 28.6 Å². The lowest BCUT2D eigenvalue weighted by Gasteiger charge is -2.46. The fraction of sp³-hybridized carbons (Fsp3) is 0.500. The van der Waals surface area contributed by atoms with Gasteiger partial charge in [0.25, 0.3) is 5.69 Å². The number of non-ortho nitro benzene ring substituents is 1. The molecular formula is C22H25N3O7. The smallest absolute Gasteiger partial charge is 0.362 e. The van der Waals surface area contributed by atoms with Crippen molar-refractivity contribution in [2.75, 3.05) is 19.6 Å². The quantitative estimate of drug-likeness (QED) is 0.230. The van der Waals surface area contributed by atoms with Gasteiger partial charge in [-0.3, -0.25) is 19.8 Å². The second-order valence-corrected chi connectivity index (χ2v) is 8.59. The average molecular weight is 443 g/mol. The molecule has 4 atom stereocenters. The van der Waals surface area contributed by atoms with E-state index < -0.39 is 28.9 Å². The van der Waals surface area contributed by atoms with Gasteiger partial charge in [0, 0.05) is 24.6 Å². The number of nitro benzene ring substituents is 1. The molecule has 0 aromatic heterocycles. The first-order chi connectivity index (χ1) is 15.2. The Hall–Kier alpha value is -3.11.